The predicted molar refractivity (Wildman–Crippen MR) is 105 cm³/mol. The van der Waals surface area contributed by atoms with Crippen molar-refractivity contribution in [2.45, 2.75) is 18.9 Å². The second-order valence-corrected chi connectivity index (χ2v) is 8.87. The van der Waals surface area contributed by atoms with Crippen molar-refractivity contribution in [1.29, 1.82) is 0 Å². The van der Waals surface area contributed by atoms with Crippen molar-refractivity contribution in [3.8, 4) is 0 Å². The maximum absolute atomic E-state index is 12.3. The number of hydrogen-bond donors (Lipinski definition) is 1. The van der Waals surface area contributed by atoms with Crippen LogP contribution in [-0.2, 0) is 4.79 Å². The van der Waals surface area contributed by atoms with E-state index < -0.39 is 0 Å². The van der Waals surface area contributed by atoms with Gasteiger partial charge < -0.3 is 19.5 Å². The van der Waals surface area contributed by atoms with Crippen molar-refractivity contribution >= 4 is 45.0 Å². The van der Waals surface area contributed by atoms with Gasteiger partial charge >= 0.3 is 0 Å². The summed E-state index contributed by atoms with van der Waals surface area (Å²) in [5.41, 5.74) is 0.540. The molecule has 2 aromatic heterocycles. The number of piperidine rings is 1. The van der Waals surface area contributed by atoms with Gasteiger partial charge in [0.15, 0.2) is 0 Å². The van der Waals surface area contributed by atoms with Gasteiger partial charge in [-0.25, -0.2) is 0 Å². The molecule has 0 aliphatic carbocycles. The number of carbonyl (C=O) groups is 3. The largest absolute Gasteiger partial charge is 0.472 e. The van der Waals surface area contributed by atoms with Gasteiger partial charge in [0.05, 0.1) is 27.0 Å². The lowest BCUT2D eigenvalue weighted by atomic mass is 10.0. The van der Waals surface area contributed by atoms with E-state index in [0.29, 0.717) is 36.4 Å². The first-order chi connectivity index (χ1) is 12.9. The summed E-state index contributed by atoms with van der Waals surface area (Å²) in [6, 6.07) is 5.20. The molecule has 9 heteroatoms. The molecule has 1 N–H and O–H groups in total. The smallest absolute Gasteiger partial charge is 0.264 e. The third kappa shape index (κ3) is 4.98. The Morgan fingerprint density at radius 2 is 2.04 bits per heavy atom. The SMILES string of the molecule is CN(CC(=O)NC1CCN(C(=O)c2ccoc2)CC1)C(=O)c1ccc(Br)s1. The number of likely N-dealkylation sites (tertiary alicyclic amines) is 1. The minimum Gasteiger partial charge on any atom is -0.472 e. The lowest BCUT2D eigenvalue weighted by molar-refractivity contribution is -0.122. The van der Waals surface area contributed by atoms with Gasteiger partial charge in [0.1, 0.15) is 6.26 Å². The fourth-order valence-corrected chi connectivity index (χ4v) is 4.35. The second-order valence-electron chi connectivity index (χ2n) is 6.41. The Hall–Kier alpha value is -2.13. The maximum Gasteiger partial charge on any atom is 0.264 e. The van der Waals surface area contributed by atoms with Crippen molar-refractivity contribution in [2.75, 3.05) is 26.7 Å². The molecule has 1 saturated heterocycles. The second kappa shape index (κ2) is 8.71. The molecule has 0 saturated carbocycles. The summed E-state index contributed by atoms with van der Waals surface area (Å²) in [6.07, 6.45) is 4.29. The highest BCUT2D eigenvalue weighted by molar-refractivity contribution is 9.11. The number of amides is 3. The Bertz CT molecular complexity index is 812. The highest BCUT2D eigenvalue weighted by Crippen LogP contribution is 2.23. The standard InChI is InChI=1S/C18H20BrN3O4S/c1-21(18(25)14-2-3-15(19)27-14)10-16(23)20-13-4-7-22(8-5-13)17(24)12-6-9-26-11-12/h2-3,6,9,11,13H,4-5,7-8,10H2,1H3,(H,20,23). The van der Waals surface area contributed by atoms with Gasteiger partial charge in [-0.05, 0) is 47.0 Å². The number of carbonyl (C=O) groups excluding carboxylic acids is 3. The summed E-state index contributed by atoms with van der Waals surface area (Å²) >= 11 is 4.67. The molecule has 2 aromatic rings. The Labute approximate surface area is 169 Å². The van der Waals surface area contributed by atoms with Gasteiger partial charge in [0, 0.05) is 26.2 Å². The number of furan rings is 1. The van der Waals surface area contributed by atoms with E-state index in [1.165, 1.54) is 28.8 Å². The van der Waals surface area contributed by atoms with Gasteiger partial charge in [0.2, 0.25) is 5.91 Å². The molecule has 0 atom stereocenters. The molecular formula is C18H20BrN3O4S. The van der Waals surface area contributed by atoms with Crippen molar-refractivity contribution in [2.24, 2.45) is 0 Å². The summed E-state index contributed by atoms with van der Waals surface area (Å²) in [5, 5.41) is 2.96. The van der Waals surface area contributed by atoms with Crippen molar-refractivity contribution in [1.82, 2.24) is 15.1 Å². The number of nitrogens with one attached hydrogen (secondary N) is 1. The fraction of sp³-hybridized carbons (Fsp3) is 0.389. The number of nitrogens with zero attached hydrogens (tertiary/aromatic N) is 2. The van der Waals surface area contributed by atoms with Crippen molar-refractivity contribution in [3.05, 3.63) is 45.0 Å². The number of rotatable bonds is 5. The normalized spacial score (nSPS) is 14.8. The summed E-state index contributed by atoms with van der Waals surface area (Å²) in [4.78, 5) is 40.6. The van der Waals surface area contributed by atoms with Crippen LogP contribution >= 0.6 is 27.3 Å². The van der Waals surface area contributed by atoms with Crippen molar-refractivity contribution in [3.63, 3.8) is 0 Å². The van der Waals surface area contributed by atoms with Gasteiger partial charge in [-0.3, -0.25) is 14.4 Å². The molecule has 1 aliphatic heterocycles. The van der Waals surface area contributed by atoms with Crippen LogP contribution in [0.1, 0.15) is 32.9 Å². The topological polar surface area (TPSA) is 82.9 Å². The summed E-state index contributed by atoms with van der Waals surface area (Å²) in [7, 11) is 1.61. The molecule has 144 valence electrons. The molecule has 0 spiro atoms. The molecule has 0 bridgehead atoms. The first kappa shape index (κ1) is 19.6. The monoisotopic (exact) mass is 453 g/mol. The zero-order chi connectivity index (χ0) is 19.4. The highest BCUT2D eigenvalue weighted by atomic mass is 79.9. The highest BCUT2D eigenvalue weighted by Gasteiger charge is 2.26. The molecule has 0 unspecified atom stereocenters. The van der Waals surface area contributed by atoms with Gasteiger partial charge in [-0.1, -0.05) is 0 Å². The Morgan fingerprint density at radius 3 is 2.63 bits per heavy atom. The fourth-order valence-electron chi connectivity index (χ4n) is 2.97. The third-order valence-corrected chi connectivity index (χ3v) is 6.04. The molecule has 3 rings (SSSR count). The van der Waals surface area contributed by atoms with E-state index in [-0.39, 0.29) is 30.3 Å². The number of halogens is 1. The Morgan fingerprint density at radius 1 is 1.30 bits per heavy atom. The summed E-state index contributed by atoms with van der Waals surface area (Å²) in [5.74, 6) is -0.427. The van der Waals surface area contributed by atoms with Crippen LogP contribution in [0.15, 0.2) is 38.9 Å². The molecule has 1 aliphatic rings. The minimum atomic E-state index is -0.193. The first-order valence-electron chi connectivity index (χ1n) is 8.55. The van der Waals surface area contributed by atoms with Crippen LogP contribution in [0.3, 0.4) is 0 Å². The molecule has 27 heavy (non-hydrogen) atoms. The van der Waals surface area contributed by atoms with E-state index in [4.69, 9.17) is 4.42 Å². The van der Waals surface area contributed by atoms with E-state index in [1.807, 2.05) is 6.07 Å². The van der Waals surface area contributed by atoms with Crippen molar-refractivity contribution < 1.29 is 18.8 Å². The molecule has 7 nitrogen and oxygen atoms in total. The van der Waals surface area contributed by atoms with Crippen LogP contribution in [0.25, 0.3) is 0 Å². The van der Waals surface area contributed by atoms with E-state index in [9.17, 15) is 14.4 Å². The first-order valence-corrected chi connectivity index (χ1v) is 10.2. The molecule has 3 amide bonds. The van der Waals surface area contributed by atoms with Crippen LogP contribution < -0.4 is 5.32 Å². The molecule has 3 heterocycles. The van der Waals surface area contributed by atoms with E-state index in [1.54, 1.807) is 24.1 Å². The maximum atomic E-state index is 12.3. The Balaban J connectivity index is 1.44. The van der Waals surface area contributed by atoms with Crippen LogP contribution in [0, 0.1) is 0 Å². The lowest BCUT2D eigenvalue weighted by Gasteiger charge is -2.32. The number of thiophene rings is 1. The minimum absolute atomic E-state index is 0.00250. The number of hydrogen-bond acceptors (Lipinski definition) is 5. The summed E-state index contributed by atoms with van der Waals surface area (Å²) < 4.78 is 5.83. The molecule has 1 fully saturated rings. The van der Waals surface area contributed by atoms with E-state index >= 15 is 0 Å². The lowest BCUT2D eigenvalue weighted by Crippen LogP contribution is -2.48. The summed E-state index contributed by atoms with van der Waals surface area (Å²) in [6.45, 7) is 1.16. The van der Waals surface area contributed by atoms with Gasteiger partial charge in [-0.15, -0.1) is 11.3 Å². The van der Waals surface area contributed by atoms with Gasteiger partial charge in [0.25, 0.3) is 11.8 Å². The molecular weight excluding hydrogens is 434 g/mol. The van der Waals surface area contributed by atoms with Crippen LogP contribution in [-0.4, -0.2) is 60.2 Å². The molecule has 0 aromatic carbocycles. The third-order valence-electron chi connectivity index (χ3n) is 4.43. The average molecular weight is 454 g/mol. The van der Waals surface area contributed by atoms with Crippen LogP contribution in [0.4, 0.5) is 0 Å². The quantitative estimate of drug-likeness (QED) is 0.753. The zero-order valence-electron chi connectivity index (χ0n) is 14.8. The average Bonchev–Trinajstić information content (AvgIpc) is 3.32. The number of likely N-dealkylation sites (N-methyl/N-ethyl adjacent to an activating group) is 1. The van der Waals surface area contributed by atoms with Crippen LogP contribution in [0.5, 0.6) is 0 Å². The predicted octanol–water partition coefficient (Wildman–Crippen LogP) is 2.60. The van der Waals surface area contributed by atoms with Crippen LogP contribution in [0.2, 0.25) is 0 Å². The van der Waals surface area contributed by atoms with E-state index in [2.05, 4.69) is 21.2 Å². The van der Waals surface area contributed by atoms with E-state index in [0.717, 1.165) is 3.79 Å². The Kier molecular flexibility index (Phi) is 6.33. The molecule has 0 radical (unpaired) electrons. The van der Waals surface area contributed by atoms with Gasteiger partial charge in [-0.2, -0.15) is 0 Å². The zero-order valence-corrected chi connectivity index (χ0v) is 17.2.